The molecule has 110 valence electrons. The number of piperidine rings is 1. The smallest absolute Gasteiger partial charge is 0.275 e. The standard InChI is InChI=1S/C16H19N3O2/c1-10-7-8-11(2)19(9-10)16(21)14-12-5-3-4-6-13(12)15(20)18-17-14/h3-6,10-11H,7-9H2,1-2H3,(H,18,20). The molecule has 1 aromatic heterocycles. The van der Waals surface area contributed by atoms with E-state index in [0.29, 0.717) is 22.4 Å². The minimum Gasteiger partial charge on any atom is -0.334 e. The molecule has 5 heteroatoms. The molecule has 0 spiro atoms. The van der Waals surface area contributed by atoms with Crippen molar-refractivity contribution in [3.8, 4) is 0 Å². The van der Waals surface area contributed by atoms with Crippen molar-refractivity contribution in [3.05, 3.63) is 40.3 Å². The largest absolute Gasteiger partial charge is 0.334 e. The molecule has 0 radical (unpaired) electrons. The monoisotopic (exact) mass is 285 g/mol. The second-order valence-electron chi connectivity index (χ2n) is 5.94. The van der Waals surface area contributed by atoms with Crippen molar-refractivity contribution < 1.29 is 4.79 Å². The molecule has 0 bridgehead atoms. The Labute approximate surface area is 123 Å². The first kappa shape index (κ1) is 13.8. The number of hydrogen-bond donors (Lipinski definition) is 1. The highest BCUT2D eigenvalue weighted by Gasteiger charge is 2.29. The summed E-state index contributed by atoms with van der Waals surface area (Å²) in [6, 6.07) is 7.32. The van der Waals surface area contributed by atoms with Crippen LogP contribution in [0.15, 0.2) is 29.1 Å². The summed E-state index contributed by atoms with van der Waals surface area (Å²) in [5.41, 5.74) is 0.0772. The maximum atomic E-state index is 12.8. The van der Waals surface area contributed by atoms with E-state index >= 15 is 0 Å². The molecule has 2 aromatic rings. The van der Waals surface area contributed by atoms with Gasteiger partial charge in [-0.1, -0.05) is 25.1 Å². The Morgan fingerprint density at radius 3 is 2.71 bits per heavy atom. The van der Waals surface area contributed by atoms with E-state index in [1.165, 1.54) is 0 Å². The highest BCUT2D eigenvalue weighted by atomic mass is 16.2. The lowest BCUT2D eigenvalue weighted by molar-refractivity contribution is 0.0569. The second kappa shape index (κ2) is 5.31. The predicted molar refractivity (Wildman–Crippen MR) is 81.3 cm³/mol. The predicted octanol–water partition coefficient (Wildman–Crippen LogP) is 2.18. The fourth-order valence-electron chi connectivity index (χ4n) is 2.99. The van der Waals surface area contributed by atoms with Crippen LogP contribution in [-0.2, 0) is 0 Å². The summed E-state index contributed by atoms with van der Waals surface area (Å²) in [5.74, 6) is 0.403. The lowest BCUT2D eigenvalue weighted by atomic mass is 9.94. The molecule has 1 saturated heterocycles. The van der Waals surface area contributed by atoms with Gasteiger partial charge in [-0.25, -0.2) is 5.10 Å². The summed E-state index contributed by atoms with van der Waals surface area (Å²) < 4.78 is 0. The van der Waals surface area contributed by atoms with Crippen LogP contribution in [0.5, 0.6) is 0 Å². The van der Waals surface area contributed by atoms with E-state index in [1.807, 2.05) is 11.0 Å². The van der Waals surface area contributed by atoms with E-state index in [0.717, 1.165) is 19.4 Å². The summed E-state index contributed by atoms with van der Waals surface area (Å²) in [5, 5.41) is 7.58. The summed E-state index contributed by atoms with van der Waals surface area (Å²) in [4.78, 5) is 26.5. The van der Waals surface area contributed by atoms with Crippen LogP contribution in [0.2, 0.25) is 0 Å². The van der Waals surface area contributed by atoms with Crippen molar-refractivity contribution in [2.45, 2.75) is 32.7 Å². The van der Waals surface area contributed by atoms with Crippen LogP contribution in [0.1, 0.15) is 37.2 Å². The van der Waals surface area contributed by atoms with Crippen molar-refractivity contribution in [2.24, 2.45) is 5.92 Å². The number of fused-ring (bicyclic) bond motifs is 1. The van der Waals surface area contributed by atoms with Gasteiger partial charge in [-0.05, 0) is 31.7 Å². The van der Waals surface area contributed by atoms with Crippen LogP contribution in [0.4, 0.5) is 0 Å². The maximum absolute atomic E-state index is 12.8. The molecule has 2 atom stereocenters. The number of nitrogens with one attached hydrogen (secondary N) is 1. The van der Waals surface area contributed by atoms with Gasteiger partial charge in [0, 0.05) is 18.0 Å². The number of aromatic nitrogens is 2. The van der Waals surface area contributed by atoms with Gasteiger partial charge >= 0.3 is 0 Å². The number of amides is 1. The molecule has 2 unspecified atom stereocenters. The molecule has 1 fully saturated rings. The zero-order chi connectivity index (χ0) is 15.0. The first-order chi connectivity index (χ1) is 10.1. The summed E-state index contributed by atoms with van der Waals surface area (Å²) in [7, 11) is 0. The van der Waals surface area contributed by atoms with E-state index in [4.69, 9.17) is 0 Å². The van der Waals surface area contributed by atoms with Gasteiger partial charge in [0.05, 0.1) is 5.39 Å². The Morgan fingerprint density at radius 1 is 1.24 bits per heavy atom. The highest BCUT2D eigenvalue weighted by Crippen LogP contribution is 2.24. The minimum atomic E-state index is -0.262. The first-order valence-corrected chi connectivity index (χ1v) is 7.36. The van der Waals surface area contributed by atoms with Crippen molar-refractivity contribution in [2.75, 3.05) is 6.54 Å². The zero-order valence-electron chi connectivity index (χ0n) is 12.3. The molecule has 5 nitrogen and oxygen atoms in total. The average molecular weight is 285 g/mol. The van der Waals surface area contributed by atoms with Crippen LogP contribution < -0.4 is 5.56 Å². The van der Waals surface area contributed by atoms with Crippen molar-refractivity contribution in [3.63, 3.8) is 0 Å². The van der Waals surface area contributed by atoms with Crippen LogP contribution in [0.3, 0.4) is 0 Å². The number of benzene rings is 1. The van der Waals surface area contributed by atoms with E-state index in [9.17, 15) is 9.59 Å². The molecule has 3 rings (SSSR count). The van der Waals surface area contributed by atoms with Crippen LogP contribution in [-0.4, -0.2) is 33.6 Å². The molecular formula is C16H19N3O2. The number of likely N-dealkylation sites (tertiary alicyclic amines) is 1. The Morgan fingerprint density at radius 2 is 1.95 bits per heavy atom. The Hall–Kier alpha value is -2.17. The molecule has 1 aromatic carbocycles. The zero-order valence-corrected chi connectivity index (χ0v) is 12.3. The van der Waals surface area contributed by atoms with Crippen LogP contribution in [0.25, 0.3) is 10.8 Å². The molecule has 1 aliphatic rings. The SMILES string of the molecule is CC1CCC(C)N(C(=O)c2n[nH]c(=O)c3ccccc23)C1. The average Bonchev–Trinajstić information content (AvgIpc) is 2.50. The maximum Gasteiger partial charge on any atom is 0.275 e. The van der Waals surface area contributed by atoms with Gasteiger partial charge in [-0.15, -0.1) is 0 Å². The topological polar surface area (TPSA) is 66.1 Å². The van der Waals surface area contributed by atoms with E-state index in [2.05, 4.69) is 24.0 Å². The van der Waals surface area contributed by atoms with Crippen molar-refractivity contribution >= 4 is 16.7 Å². The van der Waals surface area contributed by atoms with Crippen molar-refractivity contribution in [1.29, 1.82) is 0 Å². The molecule has 0 aliphatic carbocycles. The second-order valence-corrected chi connectivity index (χ2v) is 5.94. The number of aromatic amines is 1. The first-order valence-electron chi connectivity index (χ1n) is 7.36. The molecule has 1 aliphatic heterocycles. The quantitative estimate of drug-likeness (QED) is 0.873. The Kier molecular flexibility index (Phi) is 3.49. The lowest BCUT2D eigenvalue weighted by Gasteiger charge is -2.36. The number of rotatable bonds is 1. The van der Waals surface area contributed by atoms with Crippen molar-refractivity contribution in [1.82, 2.24) is 15.1 Å². The fraction of sp³-hybridized carbons (Fsp3) is 0.438. The third-order valence-corrected chi connectivity index (χ3v) is 4.28. The van der Waals surface area contributed by atoms with Crippen LogP contribution in [0, 0.1) is 5.92 Å². The number of hydrogen-bond acceptors (Lipinski definition) is 3. The van der Waals surface area contributed by atoms with Gasteiger partial charge in [0.2, 0.25) is 0 Å². The van der Waals surface area contributed by atoms with Gasteiger partial charge < -0.3 is 4.90 Å². The third kappa shape index (κ3) is 2.44. The molecule has 1 amide bonds. The third-order valence-electron chi connectivity index (χ3n) is 4.28. The molecule has 2 heterocycles. The van der Waals surface area contributed by atoms with Gasteiger partial charge in [-0.2, -0.15) is 5.10 Å². The highest BCUT2D eigenvalue weighted by molar-refractivity contribution is 6.04. The van der Waals surface area contributed by atoms with E-state index in [-0.39, 0.29) is 17.5 Å². The van der Waals surface area contributed by atoms with Crippen LogP contribution >= 0.6 is 0 Å². The summed E-state index contributed by atoms with van der Waals surface area (Å²) in [6.45, 7) is 4.97. The normalized spacial score (nSPS) is 22.5. The number of carbonyl (C=O) groups excluding carboxylic acids is 1. The number of carbonyl (C=O) groups is 1. The van der Waals surface area contributed by atoms with Gasteiger partial charge in [0.1, 0.15) is 0 Å². The number of nitrogens with zero attached hydrogens (tertiary/aromatic N) is 2. The van der Waals surface area contributed by atoms with E-state index in [1.54, 1.807) is 18.2 Å². The minimum absolute atomic E-state index is 0.0958. The molecule has 21 heavy (non-hydrogen) atoms. The van der Waals surface area contributed by atoms with Gasteiger partial charge in [0.15, 0.2) is 5.69 Å². The molecule has 1 N–H and O–H groups in total. The van der Waals surface area contributed by atoms with E-state index < -0.39 is 0 Å². The molecule has 0 saturated carbocycles. The number of H-pyrrole nitrogens is 1. The summed E-state index contributed by atoms with van der Waals surface area (Å²) >= 11 is 0. The Balaban J connectivity index is 2.06. The lowest BCUT2D eigenvalue weighted by Crippen LogP contribution is -2.45. The van der Waals surface area contributed by atoms with Gasteiger partial charge in [0.25, 0.3) is 11.5 Å². The Bertz CT molecular complexity index is 738. The fourth-order valence-corrected chi connectivity index (χ4v) is 2.99. The summed E-state index contributed by atoms with van der Waals surface area (Å²) in [6.07, 6.45) is 2.15. The molecular weight excluding hydrogens is 266 g/mol. The van der Waals surface area contributed by atoms with Gasteiger partial charge in [-0.3, -0.25) is 9.59 Å².